The van der Waals surface area contributed by atoms with Crippen molar-refractivity contribution < 1.29 is 14.3 Å². The Morgan fingerprint density at radius 3 is 2.57 bits per heavy atom. The van der Waals surface area contributed by atoms with Crippen LogP contribution in [-0.4, -0.2) is 23.7 Å². The van der Waals surface area contributed by atoms with Gasteiger partial charge in [0.25, 0.3) is 5.91 Å². The third kappa shape index (κ3) is 4.39. The zero-order chi connectivity index (χ0) is 15.2. The molecule has 1 atom stereocenters. The second-order valence-electron chi connectivity index (χ2n) is 5.06. The molecule has 3 nitrogen and oxygen atoms in total. The molecule has 4 heteroatoms. The zero-order valence-corrected chi connectivity index (χ0v) is 11.8. The summed E-state index contributed by atoms with van der Waals surface area (Å²) in [6.45, 7) is 1.56. The maximum absolute atomic E-state index is 13.3. The SMILES string of the molecule is Cc1cc(F)cc(C(=O)N[C@H](CO)Cc2ccccc2)c1. The lowest BCUT2D eigenvalue weighted by Crippen LogP contribution is -2.39. The van der Waals surface area contributed by atoms with Gasteiger partial charge in [-0.25, -0.2) is 4.39 Å². The van der Waals surface area contributed by atoms with Gasteiger partial charge >= 0.3 is 0 Å². The van der Waals surface area contributed by atoms with Crippen LogP contribution in [-0.2, 0) is 6.42 Å². The van der Waals surface area contributed by atoms with E-state index in [1.54, 1.807) is 13.0 Å². The van der Waals surface area contributed by atoms with Crippen LogP contribution in [0.15, 0.2) is 48.5 Å². The standard InChI is InChI=1S/C17H18FNO2/c1-12-7-14(10-15(18)8-12)17(21)19-16(11-20)9-13-5-3-2-4-6-13/h2-8,10,16,20H,9,11H2,1H3,(H,19,21)/t16-/m0/s1. The van der Waals surface area contributed by atoms with Crippen molar-refractivity contribution >= 4 is 5.91 Å². The van der Waals surface area contributed by atoms with Gasteiger partial charge in [-0.1, -0.05) is 30.3 Å². The van der Waals surface area contributed by atoms with Crippen molar-refractivity contribution in [2.45, 2.75) is 19.4 Å². The number of aliphatic hydroxyl groups is 1. The van der Waals surface area contributed by atoms with Gasteiger partial charge in [0.05, 0.1) is 12.6 Å². The lowest BCUT2D eigenvalue weighted by atomic mass is 10.1. The van der Waals surface area contributed by atoms with E-state index in [0.29, 0.717) is 12.0 Å². The van der Waals surface area contributed by atoms with Gasteiger partial charge in [0.2, 0.25) is 0 Å². The highest BCUT2D eigenvalue weighted by Gasteiger charge is 2.14. The average Bonchev–Trinajstić information content (AvgIpc) is 2.46. The predicted molar refractivity (Wildman–Crippen MR) is 79.6 cm³/mol. The fourth-order valence-corrected chi connectivity index (χ4v) is 2.20. The van der Waals surface area contributed by atoms with Crippen molar-refractivity contribution in [1.82, 2.24) is 5.32 Å². The van der Waals surface area contributed by atoms with Gasteiger partial charge in [0, 0.05) is 5.56 Å². The monoisotopic (exact) mass is 287 g/mol. The van der Waals surface area contributed by atoms with Gasteiger partial charge in [-0.2, -0.15) is 0 Å². The summed E-state index contributed by atoms with van der Waals surface area (Å²) < 4.78 is 13.3. The number of rotatable bonds is 5. The Balaban J connectivity index is 2.05. The van der Waals surface area contributed by atoms with Crippen LogP contribution in [0.2, 0.25) is 0 Å². The summed E-state index contributed by atoms with van der Waals surface area (Å²) in [7, 11) is 0. The van der Waals surface area contributed by atoms with Crippen LogP contribution in [0.25, 0.3) is 0 Å². The van der Waals surface area contributed by atoms with E-state index in [0.717, 1.165) is 5.56 Å². The average molecular weight is 287 g/mol. The number of benzene rings is 2. The highest BCUT2D eigenvalue weighted by atomic mass is 19.1. The fraction of sp³-hybridized carbons (Fsp3) is 0.235. The molecule has 0 fully saturated rings. The predicted octanol–water partition coefficient (Wildman–Crippen LogP) is 2.47. The molecular weight excluding hydrogens is 269 g/mol. The van der Waals surface area contributed by atoms with E-state index in [1.165, 1.54) is 12.1 Å². The molecule has 0 aliphatic carbocycles. The number of aryl methyl sites for hydroxylation is 1. The summed E-state index contributed by atoms with van der Waals surface area (Å²) >= 11 is 0. The first kappa shape index (κ1) is 15.2. The quantitative estimate of drug-likeness (QED) is 0.887. The lowest BCUT2D eigenvalue weighted by Gasteiger charge is -2.16. The van der Waals surface area contributed by atoms with E-state index >= 15 is 0 Å². The molecule has 0 aliphatic rings. The van der Waals surface area contributed by atoms with Crippen LogP contribution in [0, 0.1) is 12.7 Å². The molecule has 0 saturated heterocycles. The van der Waals surface area contributed by atoms with Crippen molar-refractivity contribution in [1.29, 1.82) is 0 Å². The van der Waals surface area contributed by atoms with Gasteiger partial charge in [0.1, 0.15) is 5.82 Å². The highest BCUT2D eigenvalue weighted by molar-refractivity contribution is 5.94. The number of carbonyl (C=O) groups is 1. The minimum absolute atomic E-state index is 0.172. The minimum Gasteiger partial charge on any atom is -0.394 e. The molecule has 1 amide bonds. The molecule has 110 valence electrons. The normalized spacial score (nSPS) is 12.0. The Morgan fingerprint density at radius 1 is 1.24 bits per heavy atom. The Morgan fingerprint density at radius 2 is 1.95 bits per heavy atom. The minimum atomic E-state index is -0.441. The smallest absolute Gasteiger partial charge is 0.251 e. The summed E-state index contributed by atoms with van der Waals surface area (Å²) in [5.41, 5.74) is 1.97. The molecule has 2 rings (SSSR count). The summed E-state index contributed by atoms with van der Waals surface area (Å²) in [4.78, 5) is 12.1. The van der Waals surface area contributed by atoms with Crippen LogP contribution < -0.4 is 5.32 Å². The maximum atomic E-state index is 13.3. The maximum Gasteiger partial charge on any atom is 0.251 e. The third-order valence-electron chi connectivity index (χ3n) is 3.18. The highest BCUT2D eigenvalue weighted by Crippen LogP contribution is 2.09. The van der Waals surface area contributed by atoms with Crippen molar-refractivity contribution in [2.75, 3.05) is 6.61 Å². The first-order valence-corrected chi connectivity index (χ1v) is 6.81. The Hall–Kier alpha value is -2.20. The molecular formula is C17H18FNO2. The Kier molecular flexibility index (Phi) is 5.06. The number of amides is 1. The molecule has 0 radical (unpaired) electrons. The van der Waals surface area contributed by atoms with Crippen LogP contribution in [0.3, 0.4) is 0 Å². The molecule has 2 aromatic carbocycles. The summed E-state index contributed by atoms with van der Waals surface area (Å²) in [6.07, 6.45) is 0.525. The molecule has 0 unspecified atom stereocenters. The molecule has 2 aromatic rings. The molecule has 0 aliphatic heterocycles. The number of halogens is 1. The van der Waals surface area contributed by atoms with Crippen LogP contribution in [0.1, 0.15) is 21.5 Å². The fourth-order valence-electron chi connectivity index (χ4n) is 2.20. The second kappa shape index (κ2) is 6.99. The largest absolute Gasteiger partial charge is 0.394 e. The number of hydrogen-bond donors (Lipinski definition) is 2. The van der Waals surface area contributed by atoms with Crippen LogP contribution >= 0.6 is 0 Å². The van der Waals surface area contributed by atoms with E-state index in [9.17, 15) is 14.3 Å². The molecule has 0 heterocycles. The van der Waals surface area contributed by atoms with Gasteiger partial charge in [-0.05, 0) is 42.7 Å². The van der Waals surface area contributed by atoms with E-state index in [4.69, 9.17) is 0 Å². The first-order valence-electron chi connectivity index (χ1n) is 6.81. The zero-order valence-electron chi connectivity index (χ0n) is 11.8. The Labute approximate surface area is 123 Å². The lowest BCUT2D eigenvalue weighted by molar-refractivity contribution is 0.0916. The molecule has 2 N–H and O–H groups in total. The van der Waals surface area contributed by atoms with Gasteiger partial charge in [0.15, 0.2) is 0 Å². The number of hydrogen-bond acceptors (Lipinski definition) is 2. The van der Waals surface area contributed by atoms with Crippen molar-refractivity contribution in [3.63, 3.8) is 0 Å². The summed E-state index contributed by atoms with van der Waals surface area (Å²) in [6, 6.07) is 13.4. The van der Waals surface area contributed by atoms with Crippen molar-refractivity contribution in [3.8, 4) is 0 Å². The number of nitrogens with one attached hydrogen (secondary N) is 1. The van der Waals surface area contributed by atoms with E-state index in [-0.39, 0.29) is 18.1 Å². The Bertz CT molecular complexity index is 593. The second-order valence-corrected chi connectivity index (χ2v) is 5.06. The van der Waals surface area contributed by atoms with Crippen molar-refractivity contribution in [2.24, 2.45) is 0 Å². The molecule has 0 spiro atoms. The molecule has 21 heavy (non-hydrogen) atoms. The molecule has 0 aromatic heterocycles. The van der Waals surface area contributed by atoms with Gasteiger partial charge < -0.3 is 10.4 Å². The molecule has 0 bridgehead atoms. The van der Waals surface area contributed by atoms with Gasteiger partial charge in [-0.15, -0.1) is 0 Å². The molecule has 0 saturated carbocycles. The van der Waals surface area contributed by atoms with E-state index in [1.807, 2.05) is 30.3 Å². The van der Waals surface area contributed by atoms with Crippen molar-refractivity contribution in [3.05, 3.63) is 71.0 Å². The third-order valence-corrected chi connectivity index (χ3v) is 3.18. The van der Waals surface area contributed by atoms with Gasteiger partial charge in [-0.3, -0.25) is 4.79 Å². The summed E-state index contributed by atoms with van der Waals surface area (Å²) in [5.74, 6) is -0.823. The summed E-state index contributed by atoms with van der Waals surface area (Å²) in [5, 5.41) is 12.1. The number of carbonyl (C=O) groups excluding carboxylic acids is 1. The van der Waals surface area contributed by atoms with Crippen LogP contribution in [0.4, 0.5) is 4.39 Å². The van der Waals surface area contributed by atoms with Crippen LogP contribution in [0.5, 0.6) is 0 Å². The number of aliphatic hydroxyl groups excluding tert-OH is 1. The first-order chi connectivity index (χ1) is 10.1. The topological polar surface area (TPSA) is 49.3 Å². The van der Waals surface area contributed by atoms with E-state index < -0.39 is 11.9 Å². The van der Waals surface area contributed by atoms with E-state index in [2.05, 4.69) is 5.32 Å².